The molecule has 1 aliphatic carbocycles. The summed E-state index contributed by atoms with van der Waals surface area (Å²) in [5, 5.41) is 0. The SMILES string of the molecule is CCOC(=O)[C@@]12CCc3ccccc3[C@H]1O2. The minimum Gasteiger partial charge on any atom is -0.464 e. The average Bonchev–Trinajstić information content (AvgIpc) is 3.06. The Bertz CT molecular complexity index is 441. The van der Waals surface area contributed by atoms with E-state index in [4.69, 9.17) is 9.47 Å². The number of hydrogen-bond donors (Lipinski definition) is 0. The highest BCUT2D eigenvalue weighted by Crippen LogP contribution is 2.57. The first kappa shape index (κ1) is 9.85. The number of carbonyl (C=O) groups excluding carboxylic acids is 1. The van der Waals surface area contributed by atoms with E-state index in [0.29, 0.717) is 6.61 Å². The zero-order valence-electron chi connectivity index (χ0n) is 9.23. The van der Waals surface area contributed by atoms with Gasteiger partial charge < -0.3 is 9.47 Å². The van der Waals surface area contributed by atoms with Crippen molar-refractivity contribution in [2.45, 2.75) is 31.5 Å². The van der Waals surface area contributed by atoms with Gasteiger partial charge in [-0.25, -0.2) is 4.79 Å². The molecule has 16 heavy (non-hydrogen) atoms. The minimum absolute atomic E-state index is 0.0727. The van der Waals surface area contributed by atoms with E-state index in [1.165, 1.54) is 5.56 Å². The van der Waals surface area contributed by atoms with E-state index in [9.17, 15) is 4.79 Å². The second-order valence-electron chi connectivity index (χ2n) is 4.31. The van der Waals surface area contributed by atoms with Crippen LogP contribution < -0.4 is 0 Å². The third-order valence-corrected chi connectivity index (χ3v) is 3.42. The summed E-state index contributed by atoms with van der Waals surface area (Å²) in [7, 11) is 0. The molecule has 0 N–H and O–H groups in total. The maximum absolute atomic E-state index is 11.8. The lowest BCUT2D eigenvalue weighted by Crippen LogP contribution is -2.31. The van der Waals surface area contributed by atoms with Crippen LogP contribution in [-0.2, 0) is 20.7 Å². The van der Waals surface area contributed by atoms with Crippen LogP contribution in [0.3, 0.4) is 0 Å². The molecule has 2 aliphatic rings. The predicted octanol–water partition coefficient (Wildman–Crippen LogP) is 2.01. The summed E-state index contributed by atoms with van der Waals surface area (Å²) in [4.78, 5) is 11.8. The topological polar surface area (TPSA) is 38.8 Å². The molecule has 0 aromatic heterocycles. The summed E-state index contributed by atoms with van der Waals surface area (Å²) < 4.78 is 10.7. The summed E-state index contributed by atoms with van der Waals surface area (Å²) in [6, 6.07) is 8.16. The van der Waals surface area contributed by atoms with Crippen LogP contribution in [0.25, 0.3) is 0 Å². The molecule has 1 saturated heterocycles. The maximum atomic E-state index is 11.8. The van der Waals surface area contributed by atoms with Gasteiger partial charge in [-0.05, 0) is 30.9 Å². The van der Waals surface area contributed by atoms with Crippen molar-refractivity contribution in [3.8, 4) is 0 Å². The molecular formula is C13H14O3. The van der Waals surface area contributed by atoms with Gasteiger partial charge in [0.15, 0.2) is 5.60 Å². The number of hydrogen-bond acceptors (Lipinski definition) is 3. The minimum atomic E-state index is -0.662. The molecule has 84 valence electrons. The molecule has 1 heterocycles. The molecule has 3 heteroatoms. The van der Waals surface area contributed by atoms with Crippen molar-refractivity contribution >= 4 is 5.97 Å². The smallest absolute Gasteiger partial charge is 0.341 e. The quantitative estimate of drug-likeness (QED) is 0.563. The second kappa shape index (κ2) is 3.32. The number of fused-ring (bicyclic) bond motifs is 3. The van der Waals surface area contributed by atoms with Crippen LogP contribution in [-0.4, -0.2) is 18.2 Å². The van der Waals surface area contributed by atoms with E-state index in [0.717, 1.165) is 18.4 Å². The Morgan fingerprint density at radius 2 is 2.38 bits per heavy atom. The van der Waals surface area contributed by atoms with Crippen molar-refractivity contribution in [2.24, 2.45) is 0 Å². The molecule has 0 saturated carbocycles. The number of aryl methyl sites for hydroxylation is 1. The molecule has 0 unspecified atom stereocenters. The van der Waals surface area contributed by atoms with Gasteiger partial charge in [0.25, 0.3) is 0 Å². The second-order valence-corrected chi connectivity index (χ2v) is 4.31. The van der Waals surface area contributed by atoms with Crippen molar-refractivity contribution in [3.63, 3.8) is 0 Å². The lowest BCUT2D eigenvalue weighted by Gasteiger charge is -2.18. The van der Waals surface area contributed by atoms with E-state index < -0.39 is 5.60 Å². The summed E-state index contributed by atoms with van der Waals surface area (Å²) >= 11 is 0. The summed E-state index contributed by atoms with van der Waals surface area (Å²) in [5.74, 6) is -0.200. The van der Waals surface area contributed by atoms with E-state index in [-0.39, 0.29) is 12.1 Å². The van der Waals surface area contributed by atoms with Crippen molar-refractivity contribution in [1.29, 1.82) is 0 Å². The number of epoxide rings is 1. The van der Waals surface area contributed by atoms with Gasteiger partial charge in [0, 0.05) is 0 Å². The predicted molar refractivity (Wildman–Crippen MR) is 58.0 cm³/mol. The Hall–Kier alpha value is -1.35. The van der Waals surface area contributed by atoms with Crippen LogP contribution in [0.1, 0.15) is 30.6 Å². The molecule has 0 radical (unpaired) electrons. The molecule has 1 aliphatic heterocycles. The largest absolute Gasteiger partial charge is 0.464 e. The van der Waals surface area contributed by atoms with Gasteiger partial charge in [-0.1, -0.05) is 24.3 Å². The normalized spacial score (nSPS) is 30.2. The van der Waals surface area contributed by atoms with Gasteiger partial charge >= 0.3 is 5.97 Å². The standard InChI is InChI=1S/C13H14O3/c1-2-15-12(14)13-8-7-9-5-3-4-6-10(9)11(13)16-13/h3-6,11H,2,7-8H2,1H3/t11-,13-/m1/s1. The zero-order valence-corrected chi connectivity index (χ0v) is 9.23. The van der Waals surface area contributed by atoms with E-state index in [1.807, 2.05) is 25.1 Å². The highest BCUT2D eigenvalue weighted by molar-refractivity contribution is 5.84. The number of rotatable bonds is 2. The summed E-state index contributed by atoms with van der Waals surface area (Å²) in [6.07, 6.45) is 1.57. The first-order chi connectivity index (χ1) is 7.78. The summed E-state index contributed by atoms with van der Waals surface area (Å²) in [5.41, 5.74) is 1.79. The Balaban J connectivity index is 1.90. The highest BCUT2D eigenvalue weighted by atomic mass is 16.7. The molecule has 3 rings (SSSR count). The van der Waals surface area contributed by atoms with Gasteiger partial charge in [-0.15, -0.1) is 0 Å². The monoisotopic (exact) mass is 218 g/mol. The van der Waals surface area contributed by atoms with Crippen molar-refractivity contribution in [1.82, 2.24) is 0 Å². The van der Waals surface area contributed by atoms with Crippen molar-refractivity contribution in [2.75, 3.05) is 6.61 Å². The molecule has 3 nitrogen and oxygen atoms in total. The first-order valence-electron chi connectivity index (χ1n) is 5.71. The molecule has 2 atom stereocenters. The highest BCUT2D eigenvalue weighted by Gasteiger charge is 2.66. The van der Waals surface area contributed by atoms with E-state index in [1.54, 1.807) is 0 Å². The first-order valence-corrected chi connectivity index (χ1v) is 5.71. The Kier molecular flexibility index (Phi) is 2.04. The lowest BCUT2D eigenvalue weighted by atomic mass is 9.84. The van der Waals surface area contributed by atoms with Crippen LogP contribution in [0.2, 0.25) is 0 Å². The number of carbonyl (C=O) groups is 1. The van der Waals surface area contributed by atoms with Crippen molar-refractivity contribution in [3.05, 3.63) is 35.4 Å². The summed E-state index contributed by atoms with van der Waals surface area (Å²) in [6.45, 7) is 2.24. The average molecular weight is 218 g/mol. The van der Waals surface area contributed by atoms with Crippen LogP contribution >= 0.6 is 0 Å². The fraction of sp³-hybridized carbons (Fsp3) is 0.462. The number of ether oxygens (including phenoxy) is 2. The van der Waals surface area contributed by atoms with Crippen molar-refractivity contribution < 1.29 is 14.3 Å². The van der Waals surface area contributed by atoms with Crippen LogP contribution in [0, 0.1) is 0 Å². The van der Waals surface area contributed by atoms with Gasteiger partial charge in [-0.3, -0.25) is 0 Å². The van der Waals surface area contributed by atoms with Gasteiger partial charge in [0.05, 0.1) is 6.61 Å². The fourth-order valence-corrected chi connectivity index (χ4v) is 2.53. The van der Waals surface area contributed by atoms with Crippen LogP contribution in [0.5, 0.6) is 0 Å². The maximum Gasteiger partial charge on any atom is 0.341 e. The number of esters is 1. The third-order valence-electron chi connectivity index (χ3n) is 3.42. The molecule has 0 amide bonds. The molecule has 0 spiro atoms. The Morgan fingerprint density at radius 1 is 1.56 bits per heavy atom. The number of benzene rings is 1. The Morgan fingerprint density at radius 3 is 3.19 bits per heavy atom. The molecule has 1 aromatic carbocycles. The van der Waals surface area contributed by atoms with E-state index >= 15 is 0 Å². The fourth-order valence-electron chi connectivity index (χ4n) is 2.53. The van der Waals surface area contributed by atoms with E-state index in [2.05, 4.69) is 6.07 Å². The van der Waals surface area contributed by atoms with Gasteiger partial charge in [-0.2, -0.15) is 0 Å². The molecule has 0 bridgehead atoms. The Labute approximate surface area is 94.4 Å². The van der Waals surface area contributed by atoms with Crippen LogP contribution in [0.15, 0.2) is 24.3 Å². The molecular weight excluding hydrogens is 204 g/mol. The lowest BCUT2D eigenvalue weighted by molar-refractivity contribution is -0.149. The van der Waals surface area contributed by atoms with Crippen LogP contribution in [0.4, 0.5) is 0 Å². The third kappa shape index (κ3) is 1.21. The van der Waals surface area contributed by atoms with Gasteiger partial charge in [0.1, 0.15) is 6.10 Å². The molecule has 1 fully saturated rings. The molecule has 1 aromatic rings. The zero-order chi connectivity index (χ0) is 11.2. The van der Waals surface area contributed by atoms with Gasteiger partial charge in [0.2, 0.25) is 0 Å².